The topological polar surface area (TPSA) is 115 Å². The first-order chi connectivity index (χ1) is 16.6. The minimum Gasteiger partial charge on any atom is -0.504 e. The Balaban J connectivity index is 1.49. The first-order valence-corrected chi connectivity index (χ1v) is 11.8. The molecule has 0 radical (unpaired) electrons. The summed E-state index contributed by atoms with van der Waals surface area (Å²) in [5.41, 5.74) is 4.59. The number of carbonyl (C=O) groups excluding carboxylic acids is 1. The van der Waals surface area contributed by atoms with Gasteiger partial charge >= 0.3 is 0 Å². The van der Waals surface area contributed by atoms with Crippen molar-refractivity contribution in [1.29, 1.82) is 0 Å². The van der Waals surface area contributed by atoms with E-state index < -0.39 is 0 Å². The fraction of sp³-hybridized carbons (Fsp3) is 0.0870. The highest BCUT2D eigenvalue weighted by Gasteiger charge is 2.17. The lowest BCUT2D eigenvalue weighted by Crippen LogP contribution is -2.20. The summed E-state index contributed by atoms with van der Waals surface area (Å²) in [5, 5.41) is 23.2. The smallest absolute Gasteiger partial charge is 0.250 e. The van der Waals surface area contributed by atoms with Gasteiger partial charge in [-0.2, -0.15) is 5.10 Å². The lowest BCUT2D eigenvalue weighted by atomic mass is 10.2. The van der Waals surface area contributed by atoms with Gasteiger partial charge in [0.05, 0.1) is 19.1 Å². The molecule has 0 fully saturated rings. The van der Waals surface area contributed by atoms with Crippen molar-refractivity contribution in [3.8, 4) is 28.6 Å². The number of ether oxygens (including phenoxy) is 1. The summed E-state index contributed by atoms with van der Waals surface area (Å²) in [6, 6.07) is 16.4. The van der Waals surface area contributed by atoms with Crippen molar-refractivity contribution in [1.82, 2.24) is 25.2 Å². The predicted octanol–water partition coefficient (Wildman–Crippen LogP) is 4.05. The Bertz CT molecular complexity index is 1310. The van der Waals surface area contributed by atoms with Crippen LogP contribution in [-0.2, 0) is 4.79 Å². The molecule has 11 heteroatoms. The molecule has 0 unspecified atom stereocenters. The first-order valence-electron chi connectivity index (χ1n) is 9.99. The Labute approximate surface area is 208 Å². The van der Waals surface area contributed by atoms with Gasteiger partial charge in [-0.15, -0.1) is 10.2 Å². The van der Waals surface area contributed by atoms with Gasteiger partial charge in [0.1, 0.15) is 0 Å². The summed E-state index contributed by atoms with van der Waals surface area (Å²) in [7, 11) is 1.46. The van der Waals surface area contributed by atoms with E-state index in [1.165, 1.54) is 25.1 Å². The van der Waals surface area contributed by atoms with Crippen LogP contribution in [0.3, 0.4) is 0 Å². The average Bonchev–Trinajstić information content (AvgIpc) is 3.29. The van der Waals surface area contributed by atoms with Crippen LogP contribution >= 0.6 is 27.7 Å². The fourth-order valence-corrected chi connectivity index (χ4v) is 4.03. The molecule has 34 heavy (non-hydrogen) atoms. The number of pyridine rings is 1. The second-order valence-electron chi connectivity index (χ2n) is 6.83. The second kappa shape index (κ2) is 10.9. The highest BCUT2D eigenvalue weighted by atomic mass is 79.9. The first kappa shape index (κ1) is 23.5. The van der Waals surface area contributed by atoms with E-state index in [0.29, 0.717) is 22.3 Å². The van der Waals surface area contributed by atoms with Crippen LogP contribution in [0.1, 0.15) is 5.56 Å². The van der Waals surface area contributed by atoms with Crippen LogP contribution in [0.25, 0.3) is 17.1 Å². The largest absolute Gasteiger partial charge is 0.504 e. The van der Waals surface area contributed by atoms with E-state index in [9.17, 15) is 9.90 Å². The quantitative estimate of drug-likeness (QED) is 0.197. The summed E-state index contributed by atoms with van der Waals surface area (Å²) in [6.07, 6.45) is 4.73. The van der Waals surface area contributed by atoms with Crippen LogP contribution in [-0.4, -0.2) is 49.8 Å². The number of rotatable bonds is 8. The molecule has 2 heterocycles. The zero-order valence-electron chi connectivity index (χ0n) is 17.9. The Morgan fingerprint density at radius 3 is 2.68 bits per heavy atom. The maximum atomic E-state index is 12.4. The normalized spacial score (nSPS) is 11.0. The van der Waals surface area contributed by atoms with Crippen molar-refractivity contribution < 1.29 is 14.6 Å². The van der Waals surface area contributed by atoms with Gasteiger partial charge in [0.15, 0.2) is 22.5 Å². The van der Waals surface area contributed by atoms with Crippen molar-refractivity contribution in [2.45, 2.75) is 5.16 Å². The van der Waals surface area contributed by atoms with Crippen molar-refractivity contribution in [2.24, 2.45) is 5.10 Å². The molecule has 0 spiro atoms. The fourth-order valence-electron chi connectivity index (χ4n) is 3.02. The molecule has 1 amide bonds. The van der Waals surface area contributed by atoms with Crippen molar-refractivity contribution >= 4 is 39.8 Å². The number of aromatic hydroxyl groups is 1. The van der Waals surface area contributed by atoms with Crippen LogP contribution in [0.15, 0.2) is 81.7 Å². The van der Waals surface area contributed by atoms with E-state index in [0.717, 1.165) is 15.7 Å². The Morgan fingerprint density at radius 1 is 1.18 bits per heavy atom. The number of phenols is 1. The molecule has 0 atom stereocenters. The van der Waals surface area contributed by atoms with Gasteiger partial charge in [-0.3, -0.25) is 14.3 Å². The van der Waals surface area contributed by atoms with Crippen LogP contribution in [0.5, 0.6) is 11.5 Å². The molecule has 4 rings (SSSR count). The predicted molar refractivity (Wildman–Crippen MR) is 133 cm³/mol. The number of para-hydroxylation sites is 1. The number of nitrogens with zero attached hydrogens (tertiary/aromatic N) is 5. The molecule has 0 bridgehead atoms. The second-order valence-corrected chi connectivity index (χ2v) is 8.69. The third-order valence-electron chi connectivity index (χ3n) is 4.63. The molecule has 2 aromatic carbocycles. The standard InChI is InChI=1S/C23H19BrN6O3S/c1-33-19-4-2-3-16(21(19)32)13-26-27-20(31)14-34-23-29-28-22(15-9-11-25-12-10-15)30(23)18-7-5-17(24)6-8-18/h2-13,32H,14H2,1H3,(H,27,31)/b26-13+. The summed E-state index contributed by atoms with van der Waals surface area (Å²) < 4.78 is 7.90. The number of hydrazone groups is 1. The van der Waals surface area contributed by atoms with Gasteiger partial charge in [-0.1, -0.05) is 33.8 Å². The van der Waals surface area contributed by atoms with Crippen LogP contribution in [0, 0.1) is 0 Å². The molecule has 2 N–H and O–H groups in total. The monoisotopic (exact) mass is 538 g/mol. The van der Waals surface area contributed by atoms with Gasteiger partial charge in [0, 0.05) is 33.7 Å². The SMILES string of the molecule is COc1cccc(/C=N/NC(=O)CSc2nnc(-c3ccncc3)n2-c2ccc(Br)cc2)c1O. The molecule has 0 aliphatic rings. The lowest BCUT2D eigenvalue weighted by Gasteiger charge is -2.10. The highest BCUT2D eigenvalue weighted by Crippen LogP contribution is 2.29. The van der Waals surface area contributed by atoms with E-state index in [1.54, 1.807) is 30.6 Å². The number of hydrogen-bond acceptors (Lipinski definition) is 8. The average molecular weight is 539 g/mol. The number of methoxy groups -OCH3 is 1. The maximum Gasteiger partial charge on any atom is 0.250 e. The highest BCUT2D eigenvalue weighted by molar-refractivity contribution is 9.10. The number of amides is 1. The van der Waals surface area contributed by atoms with Gasteiger partial charge in [0.25, 0.3) is 5.91 Å². The molecule has 0 aliphatic carbocycles. The minimum atomic E-state index is -0.334. The zero-order chi connectivity index (χ0) is 23.9. The summed E-state index contributed by atoms with van der Waals surface area (Å²) in [5.74, 6) is 0.636. The maximum absolute atomic E-state index is 12.4. The molecule has 9 nitrogen and oxygen atoms in total. The third-order valence-corrected chi connectivity index (χ3v) is 6.09. The number of phenolic OH excluding ortho intramolecular Hbond substituents is 1. The summed E-state index contributed by atoms with van der Waals surface area (Å²) >= 11 is 4.68. The zero-order valence-corrected chi connectivity index (χ0v) is 20.3. The van der Waals surface area contributed by atoms with Crippen LogP contribution in [0.2, 0.25) is 0 Å². The number of halogens is 1. The van der Waals surface area contributed by atoms with Crippen LogP contribution in [0.4, 0.5) is 0 Å². The molecule has 0 saturated carbocycles. The number of hydrogen-bond donors (Lipinski definition) is 2. The Kier molecular flexibility index (Phi) is 7.55. The molecule has 0 aliphatic heterocycles. The lowest BCUT2D eigenvalue weighted by molar-refractivity contribution is -0.118. The minimum absolute atomic E-state index is 0.0522. The molecule has 172 valence electrons. The summed E-state index contributed by atoms with van der Waals surface area (Å²) in [4.78, 5) is 16.4. The van der Waals surface area contributed by atoms with Gasteiger partial charge in [-0.25, -0.2) is 5.43 Å². The van der Waals surface area contributed by atoms with E-state index in [2.05, 4.69) is 41.6 Å². The van der Waals surface area contributed by atoms with Crippen molar-refractivity contribution in [2.75, 3.05) is 12.9 Å². The summed E-state index contributed by atoms with van der Waals surface area (Å²) in [6.45, 7) is 0. The molecule has 0 saturated heterocycles. The van der Waals surface area contributed by atoms with Crippen molar-refractivity contribution in [3.05, 3.63) is 77.0 Å². The number of nitrogens with one attached hydrogen (secondary N) is 1. The van der Waals surface area contributed by atoms with Crippen molar-refractivity contribution in [3.63, 3.8) is 0 Å². The van der Waals surface area contributed by atoms with E-state index >= 15 is 0 Å². The number of aromatic nitrogens is 4. The van der Waals surface area contributed by atoms with Gasteiger partial charge in [-0.05, 0) is 48.5 Å². The Hall–Kier alpha value is -3.70. The van der Waals surface area contributed by atoms with E-state index in [-0.39, 0.29) is 17.4 Å². The van der Waals surface area contributed by atoms with Crippen LogP contribution < -0.4 is 10.2 Å². The Morgan fingerprint density at radius 2 is 1.94 bits per heavy atom. The molecular weight excluding hydrogens is 520 g/mol. The van der Waals surface area contributed by atoms with E-state index in [4.69, 9.17) is 4.74 Å². The van der Waals surface area contributed by atoms with E-state index in [1.807, 2.05) is 41.0 Å². The molecule has 2 aromatic heterocycles. The number of benzene rings is 2. The van der Waals surface area contributed by atoms with Gasteiger partial charge < -0.3 is 9.84 Å². The molecule has 4 aromatic rings. The third kappa shape index (κ3) is 5.43. The molecular formula is C23H19BrN6O3S. The number of thioether (sulfide) groups is 1. The number of carbonyl (C=O) groups is 1. The van der Waals surface area contributed by atoms with Gasteiger partial charge in [0.2, 0.25) is 0 Å².